The summed E-state index contributed by atoms with van der Waals surface area (Å²) in [6, 6.07) is 10.4. The van der Waals surface area contributed by atoms with Gasteiger partial charge in [0.2, 0.25) is 5.95 Å². The molecule has 4 N–H and O–H groups in total. The van der Waals surface area contributed by atoms with E-state index in [1.165, 1.54) is 5.56 Å². The van der Waals surface area contributed by atoms with E-state index < -0.39 is 0 Å². The van der Waals surface area contributed by atoms with Crippen molar-refractivity contribution in [1.29, 1.82) is 0 Å². The van der Waals surface area contributed by atoms with E-state index in [0.717, 1.165) is 69.5 Å². The molecule has 3 rings (SSSR count). The highest BCUT2D eigenvalue weighted by Gasteiger charge is 2.21. The van der Waals surface area contributed by atoms with Gasteiger partial charge in [-0.25, -0.2) is 4.98 Å². The molecule has 2 heterocycles. The molecule has 0 radical (unpaired) electrons. The minimum Gasteiger partial charge on any atom is -0.356 e. The first kappa shape index (κ1) is 18.6. The van der Waals surface area contributed by atoms with Crippen LogP contribution in [0, 0.1) is 0 Å². The normalized spacial score (nSPS) is 14.2. The molecule has 0 aliphatic carbocycles. The molecule has 1 aromatic heterocycles. The number of anilines is 1. The molecule has 26 heavy (non-hydrogen) atoms. The molecule has 0 unspecified atom stereocenters. The number of fused-ring (bicyclic) bond motifs is 1. The zero-order chi connectivity index (χ0) is 18.2. The predicted octanol–water partition coefficient (Wildman–Crippen LogP) is 2.26. The molecule has 0 amide bonds. The van der Waals surface area contributed by atoms with Crippen LogP contribution in [-0.2, 0) is 19.5 Å². The highest BCUT2D eigenvalue weighted by atomic mass is 16.1. The van der Waals surface area contributed by atoms with Crippen LogP contribution in [-0.4, -0.2) is 34.5 Å². The van der Waals surface area contributed by atoms with Crippen LogP contribution in [0.3, 0.4) is 0 Å². The Labute approximate surface area is 154 Å². The number of benzene rings is 1. The monoisotopic (exact) mass is 355 g/mol. The molecule has 0 atom stereocenters. The second kappa shape index (κ2) is 9.50. The van der Waals surface area contributed by atoms with Crippen molar-refractivity contribution < 1.29 is 0 Å². The summed E-state index contributed by atoms with van der Waals surface area (Å²) >= 11 is 0. The highest BCUT2D eigenvalue weighted by Crippen LogP contribution is 2.17. The molecule has 0 bridgehead atoms. The number of hydrogen-bond donors (Lipinski definition) is 3. The third kappa shape index (κ3) is 5.16. The maximum absolute atomic E-state index is 12.5. The number of unbranched alkanes of at least 4 members (excludes halogenated alkanes) is 3. The first-order valence-corrected chi connectivity index (χ1v) is 9.58. The topological polar surface area (TPSA) is 87.0 Å². The van der Waals surface area contributed by atoms with E-state index in [-0.39, 0.29) is 5.56 Å². The van der Waals surface area contributed by atoms with Crippen LogP contribution in [0.15, 0.2) is 35.1 Å². The summed E-state index contributed by atoms with van der Waals surface area (Å²) in [5, 5.41) is 3.25. The predicted molar refractivity (Wildman–Crippen MR) is 105 cm³/mol. The van der Waals surface area contributed by atoms with Crippen molar-refractivity contribution in [3.63, 3.8) is 0 Å². The lowest BCUT2D eigenvalue weighted by Crippen LogP contribution is -2.35. The largest absolute Gasteiger partial charge is 0.356 e. The minimum atomic E-state index is -0.0154. The number of rotatable bonds is 9. The van der Waals surface area contributed by atoms with Crippen molar-refractivity contribution >= 4 is 5.95 Å². The molecule has 1 aliphatic rings. The van der Waals surface area contributed by atoms with Crippen LogP contribution < -0.4 is 16.6 Å². The first-order chi connectivity index (χ1) is 12.8. The van der Waals surface area contributed by atoms with Gasteiger partial charge in [0, 0.05) is 32.6 Å². The maximum atomic E-state index is 12.5. The third-order valence-corrected chi connectivity index (χ3v) is 4.82. The molecule has 6 nitrogen and oxygen atoms in total. The van der Waals surface area contributed by atoms with Gasteiger partial charge < -0.3 is 11.1 Å². The zero-order valence-corrected chi connectivity index (χ0v) is 15.3. The average molecular weight is 355 g/mol. The Balaban J connectivity index is 1.55. The summed E-state index contributed by atoms with van der Waals surface area (Å²) in [6.07, 6.45) is 5.26. The number of hydrogen-bond acceptors (Lipinski definition) is 5. The van der Waals surface area contributed by atoms with Crippen molar-refractivity contribution in [3.05, 3.63) is 57.5 Å². The summed E-state index contributed by atoms with van der Waals surface area (Å²) in [7, 11) is 0. The van der Waals surface area contributed by atoms with Crippen LogP contribution >= 0.6 is 0 Å². The smallest absolute Gasteiger partial charge is 0.257 e. The van der Waals surface area contributed by atoms with Crippen LogP contribution in [0.5, 0.6) is 0 Å². The van der Waals surface area contributed by atoms with E-state index in [1.54, 1.807) is 0 Å². The average Bonchev–Trinajstić information content (AvgIpc) is 2.66. The van der Waals surface area contributed by atoms with Crippen molar-refractivity contribution in [2.75, 3.05) is 25.0 Å². The second-order valence-corrected chi connectivity index (χ2v) is 6.92. The Hall–Kier alpha value is -2.18. The summed E-state index contributed by atoms with van der Waals surface area (Å²) in [5.74, 6) is 0.601. The van der Waals surface area contributed by atoms with E-state index in [2.05, 4.69) is 44.5 Å². The van der Waals surface area contributed by atoms with Crippen molar-refractivity contribution in [2.24, 2.45) is 5.73 Å². The Kier molecular flexibility index (Phi) is 6.80. The number of aromatic nitrogens is 2. The van der Waals surface area contributed by atoms with Crippen molar-refractivity contribution in [2.45, 2.75) is 45.2 Å². The van der Waals surface area contributed by atoms with Gasteiger partial charge in [-0.15, -0.1) is 0 Å². The van der Waals surface area contributed by atoms with E-state index in [4.69, 9.17) is 5.73 Å². The third-order valence-electron chi connectivity index (χ3n) is 4.82. The van der Waals surface area contributed by atoms with Gasteiger partial charge >= 0.3 is 0 Å². The van der Waals surface area contributed by atoms with Gasteiger partial charge in [-0.05, 0) is 24.9 Å². The molecule has 0 saturated carbocycles. The van der Waals surface area contributed by atoms with Crippen molar-refractivity contribution in [3.8, 4) is 0 Å². The fraction of sp³-hybridized carbons (Fsp3) is 0.500. The van der Waals surface area contributed by atoms with Gasteiger partial charge in [-0.2, -0.15) is 0 Å². The lowest BCUT2D eigenvalue weighted by atomic mass is 10.1. The van der Waals surface area contributed by atoms with E-state index >= 15 is 0 Å². The molecule has 1 aromatic carbocycles. The molecular weight excluding hydrogens is 326 g/mol. The number of nitrogens with one attached hydrogen (secondary N) is 2. The van der Waals surface area contributed by atoms with Gasteiger partial charge in [-0.1, -0.05) is 43.2 Å². The van der Waals surface area contributed by atoms with E-state index in [1.807, 2.05) is 6.07 Å². The summed E-state index contributed by atoms with van der Waals surface area (Å²) in [5.41, 5.74) is 8.50. The summed E-state index contributed by atoms with van der Waals surface area (Å²) < 4.78 is 0. The first-order valence-electron chi connectivity index (χ1n) is 9.58. The number of H-pyrrole nitrogens is 1. The van der Waals surface area contributed by atoms with Gasteiger partial charge in [0.15, 0.2) is 0 Å². The van der Waals surface area contributed by atoms with Crippen molar-refractivity contribution in [1.82, 2.24) is 14.9 Å². The molecule has 1 aliphatic heterocycles. The minimum absolute atomic E-state index is 0.0154. The molecule has 0 spiro atoms. The van der Waals surface area contributed by atoms with Gasteiger partial charge in [-0.3, -0.25) is 14.7 Å². The molecule has 140 valence electrons. The molecule has 2 aromatic rings. The zero-order valence-electron chi connectivity index (χ0n) is 15.3. The number of nitrogens with two attached hydrogens (primary N) is 1. The maximum Gasteiger partial charge on any atom is 0.257 e. The molecule has 6 heteroatoms. The quantitative estimate of drug-likeness (QED) is 0.601. The summed E-state index contributed by atoms with van der Waals surface area (Å²) in [4.78, 5) is 22.3. The summed E-state index contributed by atoms with van der Waals surface area (Å²) in [6.45, 7) is 4.03. The van der Waals surface area contributed by atoms with Gasteiger partial charge in [0.05, 0.1) is 11.3 Å². The fourth-order valence-corrected chi connectivity index (χ4v) is 3.37. The molecule has 0 saturated heterocycles. The second-order valence-electron chi connectivity index (χ2n) is 6.92. The standard InChI is InChI=1S/C20H29N5O/c21-11-6-1-2-7-12-22-20-23-18-10-13-25(15-17(18)19(26)24-20)14-16-8-4-3-5-9-16/h3-5,8-9H,1-2,6-7,10-15,21H2,(H2,22,23,24,26). The van der Waals surface area contributed by atoms with Crippen LogP contribution in [0.4, 0.5) is 5.95 Å². The van der Waals surface area contributed by atoms with Crippen LogP contribution in [0.2, 0.25) is 0 Å². The van der Waals surface area contributed by atoms with E-state index in [9.17, 15) is 4.79 Å². The van der Waals surface area contributed by atoms with Gasteiger partial charge in [0.1, 0.15) is 0 Å². The Morgan fingerprint density at radius 3 is 2.77 bits per heavy atom. The lowest BCUT2D eigenvalue weighted by molar-refractivity contribution is 0.242. The van der Waals surface area contributed by atoms with Crippen LogP contribution in [0.1, 0.15) is 42.5 Å². The van der Waals surface area contributed by atoms with Gasteiger partial charge in [0.25, 0.3) is 5.56 Å². The number of nitrogens with zero attached hydrogens (tertiary/aromatic N) is 2. The lowest BCUT2D eigenvalue weighted by Gasteiger charge is -2.27. The highest BCUT2D eigenvalue weighted by molar-refractivity contribution is 5.31. The Morgan fingerprint density at radius 2 is 1.96 bits per heavy atom. The molecule has 0 fully saturated rings. The Bertz CT molecular complexity index is 744. The SMILES string of the molecule is NCCCCCCNc1nc2c(c(=O)[nH]1)CN(Cc1ccccc1)CC2. The fourth-order valence-electron chi connectivity index (χ4n) is 3.37. The number of aromatic amines is 1. The Morgan fingerprint density at radius 1 is 1.15 bits per heavy atom. The molecular formula is C20H29N5O. The van der Waals surface area contributed by atoms with Crippen LogP contribution in [0.25, 0.3) is 0 Å². The van der Waals surface area contributed by atoms with E-state index in [0.29, 0.717) is 12.5 Å².